The lowest BCUT2D eigenvalue weighted by Gasteiger charge is -2.33. The number of nitrogens with zero attached hydrogens (tertiary/aromatic N) is 2. The van der Waals surface area contributed by atoms with Crippen molar-refractivity contribution in [3.8, 4) is 100 Å². The molecule has 0 fully saturated rings. The SMILES string of the molecule is CCCCCCCCC1(CCCCCCCC)c2cc(-c3ccc(-c4ccc(N(c5ccc(-c6cccc7c6oc6ccccc67)cc5)c5ccc(-c6cccc7c6oc6ccccc67)cc5)cc4)cc3)ccc2-c2ccc(-c3ccc(-c4ccc(N(c5ccc(-c6cccc7c6oc6ccccc67)cc5)c5ccc(-c6cccc7c6oc6ccccc67)cc5)cc4)cc3)cc21. The van der Waals surface area contributed by atoms with Gasteiger partial charge in [0.05, 0.1) is 0 Å². The van der Waals surface area contributed by atoms with Gasteiger partial charge >= 0.3 is 0 Å². The minimum Gasteiger partial charge on any atom is -0.455 e. The molecule has 0 unspecified atom stereocenters. The Hall–Kier alpha value is -15.2. The first-order valence-electron chi connectivity index (χ1n) is 47.2. The van der Waals surface area contributed by atoms with Crippen LogP contribution in [0.25, 0.3) is 188 Å². The van der Waals surface area contributed by atoms with Crippen LogP contribution in [0.2, 0.25) is 0 Å². The Morgan fingerprint density at radius 2 is 0.397 bits per heavy atom. The minimum absolute atomic E-state index is 0.131. The molecular weight excluding hydrogens is 1590 g/mol. The van der Waals surface area contributed by atoms with Gasteiger partial charge in [0.2, 0.25) is 0 Å². The summed E-state index contributed by atoms with van der Waals surface area (Å²) in [4.78, 5) is 4.73. The lowest BCUT2D eigenvalue weighted by Crippen LogP contribution is -2.25. The molecule has 0 bridgehead atoms. The van der Waals surface area contributed by atoms with Gasteiger partial charge in [-0.3, -0.25) is 0 Å². The molecule has 6 heteroatoms. The van der Waals surface area contributed by atoms with Crippen LogP contribution in [0.15, 0.2) is 418 Å². The molecule has 0 amide bonds. The van der Waals surface area contributed by atoms with Crippen molar-refractivity contribution < 1.29 is 17.7 Å². The zero-order valence-electron chi connectivity index (χ0n) is 74.0. The van der Waals surface area contributed by atoms with Gasteiger partial charge in [-0.1, -0.05) is 382 Å². The van der Waals surface area contributed by atoms with E-state index < -0.39 is 0 Å². The van der Waals surface area contributed by atoms with Crippen LogP contribution in [-0.4, -0.2) is 0 Å². The van der Waals surface area contributed by atoms with Crippen LogP contribution in [0.5, 0.6) is 0 Å². The summed E-state index contributed by atoms with van der Waals surface area (Å²) in [6, 6.07) is 147. The highest BCUT2D eigenvalue weighted by Crippen LogP contribution is 2.57. The third-order valence-corrected chi connectivity index (χ3v) is 28.0. The van der Waals surface area contributed by atoms with Crippen LogP contribution >= 0.6 is 0 Å². The maximum Gasteiger partial charge on any atom is 0.143 e. The standard InChI is InChI=1S/C125H100N2O4/c1-3-5-7-9-11-21-79-125(80-22-12-10-8-6-4-2)115-81-93(87-47-43-83(44-48-87)85-51-65-95(66-52-85)126(97-69-55-89(56-70-97)101-31-23-35-111-107-27-13-17-39-117(107)128-121(101)111)98-71-57-90(58-72-98)102-32-24-36-112-108-28-14-18-40-118(108)129-122(102)112)63-77-105(115)106-78-64-94(82-116(106)125)88-49-45-84(46-50-88)86-53-67-96(68-54-86)127(99-73-59-91(60-74-99)103-33-25-37-113-109-29-15-19-41-119(109)130-123(103)113)100-75-61-92(62-76-100)104-34-26-38-114-110-30-16-20-42-120(110)131-124(104)114/h13-20,23-78,81-82H,3-12,21-22,79-80H2,1-2H3. The molecule has 4 heterocycles. The molecule has 0 atom stereocenters. The van der Waals surface area contributed by atoms with E-state index in [0.717, 1.165) is 190 Å². The molecular formula is C125H100N2O4. The number of unbranched alkanes of at least 4 members (excludes halogenated alkanes) is 10. The topological polar surface area (TPSA) is 59.0 Å². The number of furan rings is 4. The number of anilines is 6. The van der Waals surface area contributed by atoms with Crippen molar-refractivity contribution in [1.82, 2.24) is 0 Å². The second-order valence-electron chi connectivity index (χ2n) is 35.9. The number of rotatable bonds is 28. The lowest BCUT2D eigenvalue weighted by atomic mass is 9.70. The van der Waals surface area contributed by atoms with E-state index in [1.54, 1.807) is 0 Å². The largest absolute Gasteiger partial charge is 0.455 e. The van der Waals surface area contributed by atoms with Gasteiger partial charge in [-0.05, 0) is 211 Å². The number of hydrogen-bond acceptors (Lipinski definition) is 6. The summed E-state index contributed by atoms with van der Waals surface area (Å²) >= 11 is 0. The fraction of sp³-hybridized carbons (Fsp3) is 0.136. The van der Waals surface area contributed by atoms with Crippen LogP contribution in [0.4, 0.5) is 34.1 Å². The first-order chi connectivity index (χ1) is 64.8. The fourth-order valence-electron chi connectivity index (χ4n) is 21.2. The first kappa shape index (κ1) is 80.3. The van der Waals surface area contributed by atoms with E-state index in [1.807, 2.05) is 24.3 Å². The Morgan fingerprint density at radius 3 is 0.664 bits per heavy atom. The van der Waals surface area contributed by atoms with Crippen LogP contribution in [0, 0.1) is 0 Å². The molecule has 0 aliphatic heterocycles. The van der Waals surface area contributed by atoms with Gasteiger partial charge in [-0.15, -0.1) is 0 Å². The van der Waals surface area contributed by atoms with Gasteiger partial charge in [-0.2, -0.15) is 0 Å². The summed E-state index contributed by atoms with van der Waals surface area (Å²) in [6.45, 7) is 4.66. The van der Waals surface area contributed by atoms with E-state index in [-0.39, 0.29) is 5.41 Å². The Balaban J connectivity index is 0.540. The maximum absolute atomic E-state index is 6.56. The molecule has 0 saturated heterocycles. The summed E-state index contributed by atoms with van der Waals surface area (Å²) < 4.78 is 26.2. The minimum atomic E-state index is -0.131. The summed E-state index contributed by atoms with van der Waals surface area (Å²) in [6.07, 6.45) is 17.4. The second-order valence-corrected chi connectivity index (χ2v) is 35.9. The van der Waals surface area contributed by atoms with Crippen molar-refractivity contribution in [1.29, 1.82) is 0 Å². The molecule has 634 valence electrons. The van der Waals surface area contributed by atoms with Gasteiger partial charge in [0, 0.05) is 105 Å². The van der Waals surface area contributed by atoms with Crippen molar-refractivity contribution in [3.05, 3.63) is 412 Å². The van der Waals surface area contributed by atoms with Gasteiger partial charge < -0.3 is 27.5 Å². The molecule has 22 aromatic rings. The number of hydrogen-bond donors (Lipinski definition) is 0. The third-order valence-electron chi connectivity index (χ3n) is 28.0. The second kappa shape index (κ2) is 34.7. The van der Waals surface area contributed by atoms with Crippen molar-refractivity contribution in [2.45, 2.75) is 109 Å². The lowest BCUT2D eigenvalue weighted by molar-refractivity contribution is 0.398. The van der Waals surface area contributed by atoms with E-state index in [4.69, 9.17) is 17.7 Å². The van der Waals surface area contributed by atoms with Crippen molar-refractivity contribution in [3.63, 3.8) is 0 Å². The Bertz CT molecular complexity index is 7160. The molecule has 0 radical (unpaired) electrons. The fourth-order valence-corrected chi connectivity index (χ4v) is 21.2. The Kier molecular flexibility index (Phi) is 21.3. The van der Waals surface area contributed by atoms with Crippen LogP contribution in [-0.2, 0) is 5.41 Å². The molecule has 131 heavy (non-hydrogen) atoms. The summed E-state index contributed by atoms with van der Waals surface area (Å²) in [7, 11) is 0. The molecule has 1 aliphatic rings. The van der Waals surface area contributed by atoms with Crippen LogP contribution in [0.3, 0.4) is 0 Å². The molecule has 0 spiro atoms. The van der Waals surface area contributed by atoms with Crippen LogP contribution in [0.1, 0.15) is 115 Å². The smallest absolute Gasteiger partial charge is 0.143 e. The summed E-state index contributed by atoms with van der Waals surface area (Å²) in [5, 5.41) is 8.98. The highest BCUT2D eigenvalue weighted by molar-refractivity contribution is 6.13. The molecule has 6 nitrogen and oxygen atoms in total. The molecule has 0 saturated carbocycles. The summed E-state index contributed by atoms with van der Waals surface area (Å²) in [5.41, 5.74) is 37.5. The average Bonchev–Trinajstić information content (AvgIpc) is 1.56. The zero-order chi connectivity index (χ0) is 87.3. The number of para-hydroxylation sites is 8. The van der Waals surface area contributed by atoms with Gasteiger partial charge in [0.15, 0.2) is 0 Å². The van der Waals surface area contributed by atoms with E-state index >= 15 is 0 Å². The van der Waals surface area contributed by atoms with Crippen molar-refractivity contribution in [2.75, 3.05) is 9.80 Å². The quantitative estimate of drug-likeness (QED) is 0.0456. The Morgan fingerprint density at radius 1 is 0.183 bits per heavy atom. The molecule has 4 aromatic heterocycles. The Labute approximate surface area is 765 Å². The van der Waals surface area contributed by atoms with Crippen molar-refractivity contribution in [2.24, 2.45) is 0 Å². The van der Waals surface area contributed by atoms with Crippen LogP contribution < -0.4 is 9.80 Å². The summed E-state index contributed by atoms with van der Waals surface area (Å²) in [5.74, 6) is 0. The first-order valence-corrected chi connectivity index (χ1v) is 47.2. The maximum atomic E-state index is 6.56. The molecule has 0 N–H and O–H groups in total. The number of benzene rings is 18. The average molecular weight is 1690 g/mol. The number of fused-ring (bicyclic) bond motifs is 15. The zero-order valence-corrected chi connectivity index (χ0v) is 74.0. The van der Waals surface area contributed by atoms with E-state index in [9.17, 15) is 0 Å². The third kappa shape index (κ3) is 14.9. The normalized spacial score (nSPS) is 12.4. The monoisotopic (exact) mass is 1690 g/mol. The highest BCUT2D eigenvalue weighted by Gasteiger charge is 2.43. The van der Waals surface area contributed by atoms with Gasteiger partial charge in [0.25, 0.3) is 0 Å². The van der Waals surface area contributed by atoms with E-state index in [0.29, 0.717) is 0 Å². The van der Waals surface area contributed by atoms with E-state index in [2.05, 4.69) is 400 Å². The molecule has 23 rings (SSSR count). The van der Waals surface area contributed by atoms with E-state index in [1.165, 1.54) is 133 Å². The predicted molar refractivity (Wildman–Crippen MR) is 551 cm³/mol. The highest BCUT2D eigenvalue weighted by atomic mass is 16.3. The van der Waals surface area contributed by atoms with Gasteiger partial charge in [-0.25, -0.2) is 0 Å². The molecule has 18 aromatic carbocycles. The molecule has 1 aliphatic carbocycles. The predicted octanol–water partition coefficient (Wildman–Crippen LogP) is 37.3. The van der Waals surface area contributed by atoms with Gasteiger partial charge in [0.1, 0.15) is 44.7 Å². The van der Waals surface area contributed by atoms with Crippen molar-refractivity contribution >= 4 is 122 Å².